The molecule has 0 fully saturated rings. The second-order valence-corrected chi connectivity index (χ2v) is 7.51. The van der Waals surface area contributed by atoms with Crippen LogP contribution in [0.1, 0.15) is 16.7 Å². The zero-order valence-electron chi connectivity index (χ0n) is 15.7. The number of thioether (sulfide) groups is 1. The average Bonchev–Trinajstić information content (AvgIpc) is 3.03. The summed E-state index contributed by atoms with van der Waals surface area (Å²) in [6, 6.07) is 16.1. The highest BCUT2D eigenvalue weighted by molar-refractivity contribution is 7.99. The minimum atomic E-state index is 0.0143. The number of aromatic nitrogens is 3. The Bertz CT molecular complexity index is 919. The van der Waals surface area contributed by atoms with Gasteiger partial charge in [0.15, 0.2) is 5.82 Å². The van der Waals surface area contributed by atoms with Crippen LogP contribution in [0, 0.1) is 13.8 Å². The molecule has 0 bridgehead atoms. The van der Waals surface area contributed by atoms with Crippen LogP contribution < -0.4 is 5.84 Å². The van der Waals surface area contributed by atoms with E-state index < -0.39 is 0 Å². The van der Waals surface area contributed by atoms with E-state index in [2.05, 4.69) is 10.2 Å². The van der Waals surface area contributed by atoms with Crippen molar-refractivity contribution < 1.29 is 4.79 Å². The van der Waals surface area contributed by atoms with Crippen LogP contribution in [0.2, 0.25) is 0 Å². The molecule has 3 rings (SSSR count). The Labute approximate surface area is 163 Å². The van der Waals surface area contributed by atoms with E-state index in [1.165, 1.54) is 27.6 Å². The van der Waals surface area contributed by atoms with Crippen molar-refractivity contribution >= 4 is 17.7 Å². The number of carbonyl (C=O) groups is 1. The Morgan fingerprint density at radius 2 is 1.63 bits per heavy atom. The highest BCUT2D eigenvalue weighted by Crippen LogP contribution is 2.22. The molecule has 1 amide bonds. The molecule has 0 aliphatic heterocycles. The lowest BCUT2D eigenvalue weighted by atomic mass is 10.1. The minimum Gasteiger partial charge on any atom is -0.341 e. The van der Waals surface area contributed by atoms with E-state index in [-0.39, 0.29) is 11.7 Å². The largest absolute Gasteiger partial charge is 0.341 e. The van der Waals surface area contributed by atoms with Crippen molar-refractivity contribution in [3.63, 3.8) is 0 Å². The summed E-state index contributed by atoms with van der Waals surface area (Å²) in [5.41, 5.74) is 4.36. The van der Waals surface area contributed by atoms with E-state index in [1.807, 2.05) is 62.4 Å². The Morgan fingerprint density at radius 1 is 1.04 bits per heavy atom. The zero-order chi connectivity index (χ0) is 19.4. The molecule has 2 N–H and O–H groups in total. The highest BCUT2D eigenvalue weighted by atomic mass is 32.2. The van der Waals surface area contributed by atoms with Gasteiger partial charge in [-0.25, -0.2) is 4.68 Å². The van der Waals surface area contributed by atoms with E-state index in [1.54, 1.807) is 11.9 Å². The number of amides is 1. The van der Waals surface area contributed by atoms with Crippen LogP contribution in [0.5, 0.6) is 0 Å². The number of hydrogen-bond donors (Lipinski definition) is 1. The first kappa shape index (κ1) is 19.0. The van der Waals surface area contributed by atoms with E-state index in [0.717, 1.165) is 11.1 Å². The van der Waals surface area contributed by atoms with Crippen LogP contribution in [-0.2, 0) is 11.3 Å². The Hall–Kier alpha value is -2.80. The quantitative estimate of drug-likeness (QED) is 0.525. The van der Waals surface area contributed by atoms with Gasteiger partial charge in [-0.2, -0.15) is 0 Å². The molecule has 2 aromatic carbocycles. The molecule has 0 aliphatic rings. The molecule has 0 radical (unpaired) electrons. The predicted octanol–water partition coefficient (Wildman–Crippen LogP) is 3.03. The molecule has 27 heavy (non-hydrogen) atoms. The number of rotatable bonds is 6. The summed E-state index contributed by atoms with van der Waals surface area (Å²) >= 11 is 1.29. The smallest absolute Gasteiger partial charge is 0.233 e. The van der Waals surface area contributed by atoms with Crippen LogP contribution in [-0.4, -0.2) is 38.5 Å². The number of carbonyl (C=O) groups excluding carboxylic acids is 1. The topological polar surface area (TPSA) is 77.0 Å². The van der Waals surface area contributed by atoms with Gasteiger partial charge in [-0.15, -0.1) is 10.2 Å². The van der Waals surface area contributed by atoms with Crippen molar-refractivity contribution in [2.24, 2.45) is 0 Å². The van der Waals surface area contributed by atoms with Gasteiger partial charge in [0, 0.05) is 19.2 Å². The van der Waals surface area contributed by atoms with Gasteiger partial charge >= 0.3 is 0 Å². The number of hydrogen-bond acceptors (Lipinski definition) is 5. The molecule has 0 atom stereocenters. The fourth-order valence-electron chi connectivity index (χ4n) is 2.57. The van der Waals surface area contributed by atoms with Crippen molar-refractivity contribution in [3.8, 4) is 11.4 Å². The maximum Gasteiger partial charge on any atom is 0.233 e. The summed E-state index contributed by atoms with van der Waals surface area (Å²) in [6.07, 6.45) is 0. The molecule has 0 aliphatic carbocycles. The fourth-order valence-corrected chi connectivity index (χ4v) is 3.36. The summed E-state index contributed by atoms with van der Waals surface area (Å²) < 4.78 is 1.43. The lowest BCUT2D eigenvalue weighted by Gasteiger charge is -2.17. The molecule has 3 aromatic rings. The lowest BCUT2D eigenvalue weighted by Crippen LogP contribution is -2.28. The maximum absolute atomic E-state index is 12.4. The molecule has 0 saturated carbocycles. The number of nitrogens with two attached hydrogens (primary N) is 1. The first-order chi connectivity index (χ1) is 12.9. The van der Waals surface area contributed by atoms with E-state index in [9.17, 15) is 4.79 Å². The summed E-state index contributed by atoms with van der Waals surface area (Å²) in [7, 11) is 1.80. The standard InChI is InChI=1S/C20H23N5OS/c1-14-4-8-16(9-5-14)12-24(3)18(26)13-27-20-23-22-19(25(20)21)17-10-6-15(2)7-11-17/h4-11H,12-13,21H2,1-3H3. The second-order valence-electron chi connectivity index (χ2n) is 6.57. The molecule has 0 spiro atoms. The fraction of sp³-hybridized carbons (Fsp3) is 0.250. The van der Waals surface area contributed by atoms with Gasteiger partial charge in [0.2, 0.25) is 11.1 Å². The van der Waals surface area contributed by atoms with Gasteiger partial charge in [0.1, 0.15) is 0 Å². The van der Waals surface area contributed by atoms with Gasteiger partial charge in [0.25, 0.3) is 0 Å². The van der Waals surface area contributed by atoms with Gasteiger partial charge in [-0.05, 0) is 19.4 Å². The van der Waals surface area contributed by atoms with E-state index >= 15 is 0 Å². The van der Waals surface area contributed by atoms with Crippen molar-refractivity contribution in [1.82, 2.24) is 19.8 Å². The van der Waals surface area contributed by atoms with Crippen LogP contribution in [0.25, 0.3) is 11.4 Å². The number of benzene rings is 2. The van der Waals surface area contributed by atoms with Gasteiger partial charge in [-0.3, -0.25) is 4.79 Å². The molecule has 0 saturated heterocycles. The first-order valence-electron chi connectivity index (χ1n) is 8.64. The van der Waals surface area contributed by atoms with Crippen LogP contribution >= 0.6 is 11.8 Å². The second kappa shape index (κ2) is 8.26. The minimum absolute atomic E-state index is 0.0143. The molecular formula is C20H23N5OS. The number of aryl methyl sites for hydroxylation is 2. The number of nitrogen functional groups attached to an aromatic ring is 1. The van der Waals surface area contributed by atoms with Crippen LogP contribution in [0.15, 0.2) is 53.7 Å². The summed E-state index contributed by atoms with van der Waals surface area (Å²) in [6.45, 7) is 4.64. The lowest BCUT2D eigenvalue weighted by molar-refractivity contribution is -0.127. The van der Waals surface area contributed by atoms with Crippen LogP contribution in [0.3, 0.4) is 0 Å². The molecule has 1 heterocycles. The Balaban J connectivity index is 1.60. The van der Waals surface area contributed by atoms with Crippen molar-refractivity contribution in [3.05, 3.63) is 65.2 Å². The molecule has 0 unspecified atom stereocenters. The Kier molecular flexibility index (Phi) is 5.81. The summed E-state index contributed by atoms with van der Waals surface area (Å²) in [5, 5.41) is 8.79. The highest BCUT2D eigenvalue weighted by Gasteiger charge is 2.15. The monoisotopic (exact) mass is 381 g/mol. The SMILES string of the molecule is Cc1ccc(CN(C)C(=O)CSc2nnc(-c3ccc(C)cc3)n2N)cc1. The first-order valence-corrected chi connectivity index (χ1v) is 9.62. The van der Waals surface area contributed by atoms with Crippen molar-refractivity contribution in [2.75, 3.05) is 18.6 Å². The van der Waals surface area contributed by atoms with Crippen LogP contribution in [0.4, 0.5) is 0 Å². The number of nitrogens with zero attached hydrogens (tertiary/aromatic N) is 4. The molecule has 7 heteroatoms. The third kappa shape index (κ3) is 4.68. The van der Waals surface area contributed by atoms with Crippen molar-refractivity contribution in [2.45, 2.75) is 25.5 Å². The van der Waals surface area contributed by atoms with E-state index in [4.69, 9.17) is 5.84 Å². The third-order valence-electron chi connectivity index (χ3n) is 4.27. The summed E-state index contributed by atoms with van der Waals surface area (Å²) in [4.78, 5) is 14.1. The summed E-state index contributed by atoms with van der Waals surface area (Å²) in [5.74, 6) is 6.97. The van der Waals surface area contributed by atoms with Gasteiger partial charge < -0.3 is 10.7 Å². The Morgan fingerprint density at radius 3 is 2.26 bits per heavy atom. The third-order valence-corrected chi connectivity index (χ3v) is 5.19. The zero-order valence-corrected chi connectivity index (χ0v) is 16.5. The van der Waals surface area contributed by atoms with Gasteiger partial charge in [-0.1, -0.05) is 71.4 Å². The predicted molar refractivity (Wildman–Crippen MR) is 109 cm³/mol. The van der Waals surface area contributed by atoms with E-state index in [0.29, 0.717) is 17.5 Å². The van der Waals surface area contributed by atoms with Crippen molar-refractivity contribution in [1.29, 1.82) is 0 Å². The average molecular weight is 382 g/mol. The normalized spacial score (nSPS) is 10.8. The van der Waals surface area contributed by atoms with Gasteiger partial charge in [0.05, 0.1) is 5.75 Å². The maximum atomic E-state index is 12.4. The molecule has 6 nitrogen and oxygen atoms in total. The molecule has 1 aromatic heterocycles. The molecular weight excluding hydrogens is 358 g/mol. The molecule has 140 valence electrons.